The molecule has 0 saturated carbocycles. The summed E-state index contributed by atoms with van der Waals surface area (Å²) in [4.78, 5) is 2.81. The molecule has 0 aliphatic rings. The Morgan fingerprint density at radius 3 is 2.63 bits per heavy atom. The van der Waals surface area contributed by atoms with Crippen LogP contribution in [0, 0.1) is 13.8 Å². The van der Waals surface area contributed by atoms with E-state index in [1.165, 1.54) is 20.9 Å². The van der Waals surface area contributed by atoms with Crippen LogP contribution < -0.4 is 5.32 Å². The molecular formula is C16H20ClNS. The van der Waals surface area contributed by atoms with E-state index in [0.717, 1.165) is 18.0 Å². The monoisotopic (exact) mass is 293 g/mol. The number of halogens is 1. The van der Waals surface area contributed by atoms with Crippen molar-refractivity contribution in [2.75, 3.05) is 0 Å². The molecule has 2 aromatic rings. The lowest BCUT2D eigenvalue weighted by atomic mass is 10.0. The Labute approximate surface area is 124 Å². The molecule has 1 heterocycles. The minimum atomic E-state index is 0.362. The fourth-order valence-corrected chi connectivity index (χ4v) is 3.38. The third kappa shape index (κ3) is 3.82. The lowest BCUT2D eigenvalue weighted by Gasteiger charge is -2.17. The van der Waals surface area contributed by atoms with Crippen LogP contribution >= 0.6 is 22.9 Å². The molecule has 1 aromatic heterocycles. The molecule has 1 unspecified atom stereocenters. The first-order valence-corrected chi connectivity index (χ1v) is 7.84. The smallest absolute Gasteiger partial charge is 0.0409 e. The molecule has 1 nitrogen and oxygen atoms in total. The van der Waals surface area contributed by atoms with E-state index in [1.807, 2.05) is 29.5 Å². The van der Waals surface area contributed by atoms with Gasteiger partial charge in [-0.2, -0.15) is 0 Å². The Balaban J connectivity index is 2.03. The third-order valence-electron chi connectivity index (χ3n) is 3.40. The van der Waals surface area contributed by atoms with Gasteiger partial charge in [0.2, 0.25) is 0 Å². The van der Waals surface area contributed by atoms with E-state index in [4.69, 9.17) is 11.6 Å². The zero-order valence-electron chi connectivity index (χ0n) is 11.7. The second-order valence-corrected chi connectivity index (χ2v) is 6.63. The van der Waals surface area contributed by atoms with E-state index in [2.05, 4.69) is 38.2 Å². The molecule has 2 rings (SSSR count). The lowest BCUT2D eigenvalue weighted by molar-refractivity contribution is 0.522. The molecule has 0 bridgehead atoms. The molecule has 3 heteroatoms. The van der Waals surface area contributed by atoms with Crippen LogP contribution in [0.3, 0.4) is 0 Å². The van der Waals surface area contributed by atoms with Crippen molar-refractivity contribution in [2.24, 2.45) is 0 Å². The largest absolute Gasteiger partial charge is 0.305 e. The fraction of sp³-hybridized carbons (Fsp3) is 0.375. The average molecular weight is 294 g/mol. The summed E-state index contributed by atoms with van der Waals surface area (Å²) >= 11 is 7.94. The van der Waals surface area contributed by atoms with Gasteiger partial charge < -0.3 is 5.32 Å². The molecular weight excluding hydrogens is 274 g/mol. The topological polar surface area (TPSA) is 12.0 Å². The Kier molecular flexibility index (Phi) is 5.03. The maximum absolute atomic E-state index is 6.06. The highest BCUT2D eigenvalue weighted by atomic mass is 35.5. The highest BCUT2D eigenvalue weighted by Gasteiger charge is 2.10. The fourth-order valence-electron chi connectivity index (χ4n) is 2.18. The van der Waals surface area contributed by atoms with Crippen LogP contribution in [0.2, 0.25) is 5.02 Å². The van der Waals surface area contributed by atoms with Crippen LogP contribution in [-0.2, 0) is 6.54 Å². The van der Waals surface area contributed by atoms with Crippen LogP contribution in [0.5, 0.6) is 0 Å². The van der Waals surface area contributed by atoms with Crippen molar-refractivity contribution in [1.82, 2.24) is 5.32 Å². The molecule has 1 N–H and O–H groups in total. The molecule has 0 amide bonds. The number of nitrogens with one attached hydrogen (secondary N) is 1. The molecule has 1 atom stereocenters. The lowest BCUT2D eigenvalue weighted by Crippen LogP contribution is -2.19. The standard InChI is InChI=1S/C16H20ClNS/c1-4-16(13-6-5-7-14(17)9-13)18-10-15-8-11(2)12(3)19-15/h5-9,16,18H,4,10H2,1-3H3. The summed E-state index contributed by atoms with van der Waals surface area (Å²) in [6.45, 7) is 7.47. The molecule has 0 aliphatic heterocycles. The minimum Gasteiger partial charge on any atom is -0.305 e. The molecule has 0 aliphatic carbocycles. The van der Waals surface area contributed by atoms with Gasteiger partial charge in [-0.05, 0) is 49.6 Å². The van der Waals surface area contributed by atoms with E-state index >= 15 is 0 Å². The van der Waals surface area contributed by atoms with E-state index < -0.39 is 0 Å². The number of hydrogen-bond acceptors (Lipinski definition) is 2. The predicted molar refractivity (Wildman–Crippen MR) is 85.1 cm³/mol. The molecule has 0 radical (unpaired) electrons. The van der Waals surface area contributed by atoms with Crippen LogP contribution in [-0.4, -0.2) is 0 Å². The summed E-state index contributed by atoms with van der Waals surface area (Å²) in [5, 5.41) is 4.43. The Hall–Kier alpha value is -0.830. The summed E-state index contributed by atoms with van der Waals surface area (Å²) in [5.74, 6) is 0. The number of rotatable bonds is 5. The van der Waals surface area contributed by atoms with Crippen molar-refractivity contribution in [3.05, 3.63) is 56.2 Å². The first-order chi connectivity index (χ1) is 9.10. The van der Waals surface area contributed by atoms with E-state index in [0.29, 0.717) is 6.04 Å². The number of aryl methyl sites for hydroxylation is 2. The molecule has 1 aromatic carbocycles. The van der Waals surface area contributed by atoms with Crippen LogP contribution in [0.1, 0.15) is 40.3 Å². The zero-order chi connectivity index (χ0) is 13.8. The summed E-state index contributed by atoms with van der Waals surface area (Å²) in [6, 6.07) is 10.8. The van der Waals surface area contributed by atoms with E-state index in [1.54, 1.807) is 0 Å². The van der Waals surface area contributed by atoms with Gasteiger partial charge in [0, 0.05) is 27.4 Å². The number of benzene rings is 1. The van der Waals surface area contributed by atoms with Gasteiger partial charge in [-0.15, -0.1) is 11.3 Å². The van der Waals surface area contributed by atoms with Gasteiger partial charge in [-0.3, -0.25) is 0 Å². The maximum Gasteiger partial charge on any atom is 0.0409 e. The zero-order valence-corrected chi connectivity index (χ0v) is 13.2. The summed E-state index contributed by atoms with van der Waals surface area (Å²) < 4.78 is 0. The molecule has 0 spiro atoms. The first kappa shape index (κ1) is 14.6. The van der Waals surface area contributed by atoms with Gasteiger partial charge in [-0.1, -0.05) is 30.7 Å². The number of thiophene rings is 1. The van der Waals surface area contributed by atoms with Crippen molar-refractivity contribution < 1.29 is 0 Å². The Morgan fingerprint density at radius 2 is 2.05 bits per heavy atom. The van der Waals surface area contributed by atoms with Gasteiger partial charge in [0.05, 0.1) is 0 Å². The highest BCUT2D eigenvalue weighted by molar-refractivity contribution is 7.12. The Bertz CT molecular complexity index is 528. The molecule has 0 saturated heterocycles. The third-order valence-corrected chi connectivity index (χ3v) is 4.79. The van der Waals surface area contributed by atoms with Gasteiger partial charge in [0.15, 0.2) is 0 Å². The summed E-state index contributed by atoms with van der Waals surface area (Å²) in [5.41, 5.74) is 2.65. The van der Waals surface area contributed by atoms with Crippen molar-refractivity contribution in [2.45, 2.75) is 39.8 Å². The SMILES string of the molecule is CCC(NCc1cc(C)c(C)s1)c1cccc(Cl)c1. The second kappa shape index (κ2) is 6.56. The van der Waals surface area contributed by atoms with Crippen LogP contribution in [0.25, 0.3) is 0 Å². The molecule has 102 valence electrons. The summed E-state index contributed by atoms with van der Waals surface area (Å²) in [7, 11) is 0. The molecule has 19 heavy (non-hydrogen) atoms. The van der Waals surface area contributed by atoms with Gasteiger partial charge in [0.25, 0.3) is 0 Å². The summed E-state index contributed by atoms with van der Waals surface area (Å²) in [6.07, 6.45) is 1.06. The van der Waals surface area contributed by atoms with Crippen molar-refractivity contribution in [3.63, 3.8) is 0 Å². The van der Waals surface area contributed by atoms with E-state index in [-0.39, 0.29) is 0 Å². The van der Waals surface area contributed by atoms with Crippen LogP contribution in [0.15, 0.2) is 30.3 Å². The first-order valence-electron chi connectivity index (χ1n) is 6.65. The van der Waals surface area contributed by atoms with Crippen molar-refractivity contribution in [3.8, 4) is 0 Å². The minimum absolute atomic E-state index is 0.362. The van der Waals surface area contributed by atoms with Crippen LogP contribution in [0.4, 0.5) is 0 Å². The van der Waals surface area contributed by atoms with Gasteiger partial charge in [-0.25, -0.2) is 0 Å². The normalized spacial score (nSPS) is 12.6. The quantitative estimate of drug-likeness (QED) is 0.793. The number of hydrogen-bond donors (Lipinski definition) is 1. The highest BCUT2D eigenvalue weighted by Crippen LogP contribution is 2.24. The maximum atomic E-state index is 6.06. The van der Waals surface area contributed by atoms with E-state index in [9.17, 15) is 0 Å². The van der Waals surface area contributed by atoms with Crippen molar-refractivity contribution in [1.29, 1.82) is 0 Å². The average Bonchev–Trinajstić information content (AvgIpc) is 2.70. The van der Waals surface area contributed by atoms with Crippen molar-refractivity contribution >= 4 is 22.9 Å². The second-order valence-electron chi connectivity index (χ2n) is 4.85. The molecule has 0 fully saturated rings. The Morgan fingerprint density at radius 1 is 1.26 bits per heavy atom. The van der Waals surface area contributed by atoms with Gasteiger partial charge >= 0.3 is 0 Å². The van der Waals surface area contributed by atoms with Gasteiger partial charge in [0.1, 0.15) is 0 Å². The predicted octanol–water partition coefficient (Wildman–Crippen LogP) is 5.26.